The normalized spacial score (nSPS) is 14.1. The van der Waals surface area contributed by atoms with Gasteiger partial charge in [-0.1, -0.05) is 42.5 Å². The van der Waals surface area contributed by atoms with Gasteiger partial charge >= 0.3 is 5.97 Å². The van der Waals surface area contributed by atoms with Crippen LogP contribution in [0.15, 0.2) is 72.8 Å². The molecule has 1 heterocycles. The quantitative estimate of drug-likeness (QED) is 0.575. The highest BCUT2D eigenvalue weighted by atomic mass is 19.1. The zero-order valence-corrected chi connectivity index (χ0v) is 18.5. The van der Waals surface area contributed by atoms with Crippen LogP contribution < -0.4 is 10.2 Å². The molecule has 0 radical (unpaired) electrons. The number of rotatable bonds is 6. The molecule has 0 unspecified atom stereocenters. The lowest BCUT2D eigenvalue weighted by atomic mass is 10.1. The summed E-state index contributed by atoms with van der Waals surface area (Å²) in [5.41, 5.74) is 2.76. The van der Waals surface area contributed by atoms with E-state index in [2.05, 4.69) is 27.2 Å². The van der Waals surface area contributed by atoms with Gasteiger partial charge in [0.2, 0.25) is 0 Å². The van der Waals surface area contributed by atoms with Crippen LogP contribution in [-0.2, 0) is 11.3 Å². The van der Waals surface area contributed by atoms with Crippen molar-refractivity contribution in [3.05, 3.63) is 95.3 Å². The number of amides is 1. The molecule has 0 atom stereocenters. The Kier molecular flexibility index (Phi) is 7.00. The Morgan fingerprint density at radius 3 is 2.33 bits per heavy atom. The second kappa shape index (κ2) is 10.3. The van der Waals surface area contributed by atoms with E-state index in [0.29, 0.717) is 11.3 Å². The highest BCUT2D eigenvalue weighted by Gasteiger charge is 2.22. The smallest absolute Gasteiger partial charge is 0.337 e. The van der Waals surface area contributed by atoms with Gasteiger partial charge in [-0.3, -0.25) is 9.69 Å². The van der Waals surface area contributed by atoms with E-state index >= 15 is 0 Å². The number of halogens is 1. The average molecular weight is 448 g/mol. The predicted molar refractivity (Wildman–Crippen MR) is 126 cm³/mol. The molecule has 0 spiro atoms. The first-order chi connectivity index (χ1) is 16.0. The van der Waals surface area contributed by atoms with Gasteiger partial charge in [0.05, 0.1) is 29.6 Å². The molecular formula is C26H26FN3O3. The number of benzene rings is 3. The highest BCUT2D eigenvalue weighted by Crippen LogP contribution is 2.29. The Labute approximate surface area is 192 Å². The van der Waals surface area contributed by atoms with Crippen LogP contribution in [0.3, 0.4) is 0 Å². The Balaban J connectivity index is 1.53. The molecule has 6 nitrogen and oxygen atoms in total. The third-order valence-electron chi connectivity index (χ3n) is 5.75. The fraction of sp³-hybridized carbons (Fsp3) is 0.231. The van der Waals surface area contributed by atoms with Crippen molar-refractivity contribution in [2.24, 2.45) is 0 Å². The van der Waals surface area contributed by atoms with Crippen molar-refractivity contribution < 1.29 is 18.7 Å². The predicted octanol–water partition coefficient (Wildman–Crippen LogP) is 4.19. The molecule has 1 N–H and O–H groups in total. The number of carbonyl (C=O) groups excluding carboxylic acids is 2. The first-order valence-electron chi connectivity index (χ1n) is 10.8. The second-order valence-electron chi connectivity index (χ2n) is 7.91. The first kappa shape index (κ1) is 22.5. The number of hydrogen-bond acceptors (Lipinski definition) is 5. The zero-order valence-electron chi connectivity index (χ0n) is 18.5. The van der Waals surface area contributed by atoms with Gasteiger partial charge in [-0.2, -0.15) is 0 Å². The lowest BCUT2D eigenvalue weighted by Gasteiger charge is -2.37. The molecule has 0 aromatic heterocycles. The zero-order chi connectivity index (χ0) is 23.2. The largest absolute Gasteiger partial charge is 0.465 e. The van der Waals surface area contributed by atoms with Crippen LogP contribution in [0.4, 0.5) is 15.8 Å². The molecule has 0 saturated carbocycles. The topological polar surface area (TPSA) is 61.9 Å². The molecule has 7 heteroatoms. The van der Waals surface area contributed by atoms with Crippen molar-refractivity contribution in [2.75, 3.05) is 43.5 Å². The molecule has 170 valence electrons. The number of carbonyl (C=O) groups is 2. The van der Waals surface area contributed by atoms with Crippen LogP contribution in [0.25, 0.3) is 0 Å². The van der Waals surface area contributed by atoms with Crippen LogP contribution in [0.2, 0.25) is 0 Å². The third-order valence-corrected chi connectivity index (χ3v) is 5.75. The molecule has 3 aromatic carbocycles. The molecule has 1 aliphatic rings. The van der Waals surface area contributed by atoms with Crippen molar-refractivity contribution in [3.63, 3.8) is 0 Å². The first-order valence-corrected chi connectivity index (χ1v) is 10.8. The summed E-state index contributed by atoms with van der Waals surface area (Å²) in [4.78, 5) is 29.4. The minimum atomic E-state index is -0.602. The van der Waals surface area contributed by atoms with Crippen LogP contribution in [0.5, 0.6) is 0 Å². The van der Waals surface area contributed by atoms with E-state index in [1.165, 1.54) is 30.9 Å². The van der Waals surface area contributed by atoms with Crippen molar-refractivity contribution >= 4 is 23.3 Å². The van der Waals surface area contributed by atoms with Crippen LogP contribution >= 0.6 is 0 Å². The minimum Gasteiger partial charge on any atom is -0.465 e. The fourth-order valence-corrected chi connectivity index (χ4v) is 3.98. The van der Waals surface area contributed by atoms with Gasteiger partial charge in [-0.05, 0) is 35.9 Å². The number of esters is 1. The second-order valence-corrected chi connectivity index (χ2v) is 7.91. The van der Waals surface area contributed by atoms with Gasteiger partial charge in [0.1, 0.15) is 5.82 Å². The van der Waals surface area contributed by atoms with Crippen molar-refractivity contribution in [1.82, 2.24) is 4.90 Å². The molecule has 4 rings (SSSR count). The number of nitrogens with zero attached hydrogens (tertiary/aromatic N) is 2. The maximum atomic E-state index is 14.1. The monoisotopic (exact) mass is 447 g/mol. The number of piperazine rings is 1. The number of ether oxygens (including phenoxy) is 1. The van der Waals surface area contributed by atoms with Gasteiger partial charge in [0.25, 0.3) is 5.91 Å². The fourth-order valence-electron chi connectivity index (χ4n) is 3.98. The summed E-state index contributed by atoms with van der Waals surface area (Å²) < 4.78 is 19.0. The molecular weight excluding hydrogens is 421 g/mol. The van der Waals surface area contributed by atoms with Gasteiger partial charge in [-0.25, -0.2) is 9.18 Å². The van der Waals surface area contributed by atoms with Gasteiger partial charge in [0, 0.05) is 32.7 Å². The van der Waals surface area contributed by atoms with Crippen molar-refractivity contribution in [2.45, 2.75) is 6.54 Å². The highest BCUT2D eigenvalue weighted by molar-refractivity contribution is 6.07. The van der Waals surface area contributed by atoms with E-state index in [-0.39, 0.29) is 5.56 Å². The van der Waals surface area contributed by atoms with Crippen molar-refractivity contribution in [1.29, 1.82) is 0 Å². The Morgan fingerprint density at radius 1 is 0.939 bits per heavy atom. The molecule has 0 bridgehead atoms. The van der Waals surface area contributed by atoms with E-state index in [9.17, 15) is 14.0 Å². The average Bonchev–Trinajstić information content (AvgIpc) is 2.85. The lowest BCUT2D eigenvalue weighted by Crippen LogP contribution is -2.46. The summed E-state index contributed by atoms with van der Waals surface area (Å²) in [6, 6.07) is 21.2. The molecule has 0 aliphatic carbocycles. The van der Waals surface area contributed by atoms with E-state index < -0.39 is 17.7 Å². The van der Waals surface area contributed by atoms with Gasteiger partial charge in [-0.15, -0.1) is 0 Å². The van der Waals surface area contributed by atoms with E-state index in [1.807, 2.05) is 18.2 Å². The van der Waals surface area contributed by atoms with Crippen LogP contribution in [0, 0.1) is 5.82 Å². The lowest BCUT2D eigenvalue weighted by molar-refractivity contribution is 0.0600. The molecule has 33 heavy (non-hydrogen) atoms. The molecule has 1 fully saturated rings. The summed E-state index contributed by atoms with van der Waals surface area (Å²) in [6.45, 7) is 4.11. The van der Waals surface area contributed by atoms with E-state index in [0.717, 1.165) is 38.4 Å². The third kappa shape index (κ3) is 5.38. The van der Waals surface area contributed by atoms with E-state index in [1.54, 1.807) is 24.3 Å². The standard InChI is InChI=1S/C26H26FN3O3/c1-33-26(32)20-11-12-24(23(17-20)28-25(31)21-9-5-6-10-22(21)27)30-15-13-29(14-16-30)18-19-7-3-2-4-8-19/h2-12,17H,13-16,18H2,1H3,(H,28,31). The minimum absolute atomic E-state index is 0.0559. The Morgan fingerprint density at radius 2 is 1.64 bits per heavy atom. The SMILES string of the molecule is COC(=O)c1ccc(N2CCN(Cc3ccccc3)CC2)c(NC(=O)c2ccccc2F)c1. The van der Waals surface area contributed by atoms with Gasteiger partial charge in [0.15, 0.2) is 0 Å². The Hall–Kier alpha value is -3.71. The summed E-state index contributed by atoms with van der Waals surface area (Å²) in [7, 11) is 1.31. The number of methoxy groups -OCH3 is 1. The molecule has 1 saturated heterocycles. The maximum Gasteiger partial charge on any atom is 0.337 e. The molecule has 1 aliphatic heterocycles. The number of anilines is 2. The number of hydrogen-bond donors (Lipinski definition) is 1. The molecule has 1 amide bonds. The summed E-state index contributed by atoms with van der Waals surface area (Å²) in [5, 5.41) is 2.79. The summed E-state index contributed by atoms with van der Waals surface area (Å²) in [5.74, 6) is -1.68. The van der Waals surface area contributed by atoms with E-state index in [4.69, 9.17) is 4.74 Å². The van der Waals surface area contributed by atoms with Crippen LogP contribution in [0.1, 0.15) is 26.3 Å². The molecule has 3 aromatic rings. The van der Waals surface area contributed by atoms with Crippen molar-refractivity contribution in [3.8, 4) is 0 Å². The Bertz CT molecular complexity index is 1130. The van der Waals surface area contributed by atoms with Crippen LogP contribution in [-0.4, -0.2) is 50.1 Å². The van der Waals surface area contributed by atoms with Gasteiger partial charge < -0.3 is 15.0 Å². The summed E-state index contributed by atoms with van der Waals surface area (Å²) in [6.07, 6.45) is 0. The number of nitrogens with one attached hydrogen (secondary N) is 1. The maximum absolute atomic E-state index is 14.1. The summed E-state index contributed by atoms with van der Waals surface area (Å²) >= 11 is 0.